The molecule has 1 fully saturated rings. The maximum absolute atomic E-state index is 13.3. The molecule has 1 aromatic carbocycles. The molecule has 130 valence electrons. The van der Waals surface area contributed by atoms with Gasteiger partial charge in [-0.25, -0.2) is 12.8 Å². The van der Waals surface area contributed by atoms with Crippen LogP contribution < -0.4 is 0 Å². The van der Waals surface area contributed by atoms with Gasteiger partial charge in [-0.1, -0.05) is 25.7 Å². The van der Waals surface area contributed by atoms with Gasteiger partial charge in [0, 0.05) is 13.1 Å². The number of benzene rings is 1. The van der Waals surface area contributed by atoms with Gasteiger partial charge in [0.05, 0.1) is 10.5 Å². The van der Waals surface area contributed by atoms with Crippen molar-refractivity contribution in [2.45, 2.75) is 55.6 Å². The highest BCUT2D eigenvalue weighted by Gasteiger charge is 2.36. The van der Waals surface area contributed by atoms with E-state index >= 15 is 0 Å². The van der Waals surface area contributed by atoms with Crippen LogP contribution in [0.2, 0.25) is 0 Å². The number of hydrogen-bond donors (Lipinski definition) is 0. The number of alkyl halides is 3. The monoisotopic (exact) mass is 353 g/mol. The first-order valence-corrected chi connectivity index (χ1v) is 8.93. The predicted octanol–water partition coefficient (Wildman–Crippen LogP) is 4.19. The summed E-state index contributed by atoms with van der Waals surface area (Å²) in [6, 6.07) is 1.57. The number of hydrogen-bond acceptors (Lipinski definition) is 2. The van der Waals surface area contributed by atoms with Gasteiger partial charge in [-0.3, -0.25) is 0 Å². The summed E-state index contributed by atoms with van der Waals surface area (Å²) in [7, 11) is -2.71. The van der Waals surface area contributed by atoms with Crippen LogP contribution in [0.15, 0.2) is 23.1 Å². The SMILES string of the molecule is CN(C1CCCCCC1)S(=O)(=O)c1ccc(F)c(C(F)(F)F)c1. The zero-order valence-corrected chi connectivity index (χ0v) is 13.6. The molecule has 3 nitrogen and oxygen atoms in total. The van der Waals surface area contributed by atoms with E-state index in [-0.39, 0.29) is 6.04 Å². The summed E-state index contributed by atoms with van der Waals surface area (Å²) in [5, 5.41) is 0. The Balaban J connectivity index is 2.35. The van der Waals surface area contributed by atoms with Gasteiger partial charge in [0.1, 0.15) is 5.82 Å². The molecule has 0 spiro atoms. The molecule has 0 amide bonds. The summed E-state index contributed by atoms with van der Waals surface area (Å²) in [4.78, 5) is -0.530. The van der Waals surface area contributed by atoms with Crippen LogP contribution in [0.1, 0.15) is 44.1 Å². The minimum absolute atomic E-state index is 0.234. The Kier molecular flexibility index (Phi) is 5.35. The fourth-order valence-electron chi connectivity index (χ4n) is 2.87. The lowest BCUT2D eigenvalue weighted by Gasteiger charge is -2.26. The molecule has 1 aliphatic rings. The Morgan fingerprint density at radius 3 is 2.17 bits per heavy atom. The van der Waals surface area contributed by atoms with E-state index in [0.29, 0.717) is 25.0 Å². The maximum atomic E-state index is 13.3. The van der Waals surface area contributed by atoms with Gasteiger partial charge in [0.25, 0.3) is 0 Å². The summed E-state index contributed by atoms with van der Waals surface area (Å²) in [5.41, 5.74) is -1.56. The molecule has 23 heavy (non-hydrogen) atoms. The Morgan fingerprint density at radius 2 is 1.65 bits per heavy atom. The second-order valence-corrected chi connectivity index (χ2v) is 7.80. The molecule has 0 N–H and O–H groups in total. The Bertz CT molecular complexity index is 650. The molecule has 0 aromatic heterocycles. The summed E-state index contributed by atoms with van der Waals surface area (Å²) in [6.45, 7) is 0. The molecule has 1 aromatic rings. The summed E-state index contributed by atoms with van der Waals surface area (Å²) in [5.74, 6) is -1.48. The lowest BCUT2D eigenvalue weighted by atomic mass is 10.1. The molecular formula is C15H19F4NO2S. The van der Waals surface area contributed by atoms with Crippen LogP contribution in [0.3, 0.4) is 0 Å². The van der Waals surface area contributed by atoms with Crippen LogP contribution >= 0.6 is 0 Å². The summed E-state index contributed by atoms with van der Waals surface area (Å²) in [6.07, 6.45) is 0.268. The van der Waals surface area contributed by atoms with Crippen LogP contribution in [0.5, 0.6) is 0 Å². The van der Waals surface area contributed by atoms with E-state index in [2.05, 4.69) is 0 Å². The third-order valence-electron chi connectivity index (χ3n) is 4.26. The van der Waals surface area contributed by atoms with Gasteiger partial charge in [-0.2, -0.15) is 17.5 Å². The minimum Gasteiger partial charge on any atom is -0.207 e. The van der Waals surface area contributed by atoms with Crippen molar-refractivity contribution in [1.29, 1.82) is 0 Å². The van der Waals surface area contributed by atoms with Gasteiger partial charge < -0.3 is 0 Å². The average Bonchev–Trinajstić information content (AvgIpc) is 2.74. The highest BCUT2D eigenvalue weighted by molar-refractivity contribution is 7.89. The minimum atomic E-state index is -4.93. The topological polar surface area (TPSA) is 37.4 Å². The van der Waals surface area contributed by atoms with Crippen molar-refractivity contribution >= 4 is 10.0 Å². The Morgan fingerprint density at radius 1 is 1.09 bits per heavy atom. The van der Waals surface area contributed by atoms with Gasteiger partial charge in [0.15, 0.2) is 0 Å². The molecule has 0 aliphatic heterocycles. The van der Waals surface area contributed by atoms with E-state index in [4.69, 9.17) is 0 Å². The smallest absolute Gasteiger partial charge is 0.207 e. The molecular weight excluding hydrogens is 334 g/mol. The molecule has 0 radical (unpaired) electrons. The summed E-state index contributed by atoms with van der Waals surface area (Å²) >= 11 is 0. The lowest BCUT2D eigenvalue weighted by molar-refractivity contribution is -0.140. The van der Waals surface area contributed by atoms with E-state index in [9.17, 15) is 26.0 Å². The van der Waals surface area contributed by atoms with E-state index < -0.39 is 32.5 Å². The van der Waals surface area contributed by atoms with Crippen LogP contribution in [0, 0.1) is 5.82 Å². The predicted molar refractivity (Wildman–Crippen MR) is 77.8 cm³/mol. The second-order valence-electron chi connectivity index (χ2n) is 5.81. The van der Waals surface area contributed by atoms with Crippen LogP contribution in [-0.2, 0) is 16.2 Å². The Hall–Kier alpha value is -1.15. The zero-order valence-electron chi connectivity index (χ0n) is 12.7. The third-order valence-corrected chi connectivity index (χ3v) is 6.17. The second kappa shape index (κ2) is 6.76. The van der Waals surface area contributed by atoms with E-state index in [0.717, 1.165) is 36.1 Å². The standard InChI is InChI=1S/C15H19F4NO2S/c1-20(11-6-4-2-3-5-7-11)23(21,22)12-8-9-14(16)13(10-12)15(17,18)19/h8-11H,2-7H2,1H3. The largest absolute Gasteiger partial charge is 0.419 e. The van der Waals surface area contributed by atoms with Gasteiger partial charge in [0.2, 0.25) is 10.0 Å². The first-order valence-electron chi connectivity index (χ1n) is 7.49. The van der Waals surface area contributed by atoms with E-state index in [1.54, 1.807) is 0 Å². The molecule has 0 saturated heterocycles. The van der Waals surface area contributed by atoms with Gasteiger partial charge >= 0.3 is 6.18 Å². The fraction of sp³-hybridized carbons (Fsp3) is 0.600. The molecule has 0 atom stereocenters. The van der Waals surface area contributed by atoms with Crippen molar-refractivity contribution in [2.24, 2.45) is 0 Å². The van der Waals surface area contributed by atoms with Crippen molar-refractivity contribution < 1.29 is 26.0 Å². The quantitative estimate of drug-likeness (QED) is 0.604. The highest BCUT2D eigenvalue weighted by atomic mass is 32.2. The van der Waals surface area contributed by atoms with Gasteiger partial charge in [-0.15, -0.1) is 0 Å². The first kappa shape index (κ1) is 18.2. The molecule has 2 rings (SSSR count). The molecule has 1 aliphatic carbocycles. The zero-order chi connectivity index (χ0) is 17.3. The number of nitrogens with zero attached hydrogens (tertiary/aromatic N) is 1. The van der Waals surface area contributed by atoms with Crippen molar-refractivity contribution in [3.63, 3.8) is 0 Å². The number of rotatable bonds is 3. The first-order chi connectivity index (χ1) is 10.6. The van der Waals surface area contributed by atoms with E-state index in [1.165, 1.54) is 7.05 Å². The summed E-state index contributed by atoms with van der Waals surface area (Å²) < 4.78 is 77.9. The highest BCUT2D eigenvalue weighted by Crippen LogP contribution is 2.34. The van der Waals surface area contributed by atoms with Crippen molar-refractivity contribution in [3.8, 4) is 0 Å². The van der Waals surface area contributed by atoms with Crippen molar-refractivity contribution in [1.82, 2.24) is 4.31 Å². The lowest BCUT2D eigenvalue weighted by Crippen LogP contribution is -2.36. The third kappa shape index (κ3) is 4.03. The normalized spacial score (nSPS) is 18.2. The maximum Gasteiger partial charge on any atom is 0.419 e. The molecule has 0 heterocycles. The van der Waals surface area contributed by atoms with Crippen LogP contribution in [-0.4, -0.2) is 25.8 Å². The van der Waals surface area contributed by atoms with Gasteiger partial charge in [-0.05, 0) is 31.0 Å². The molecule has 0 unspecified atom stereocenters. The number of halogens is 4. The number of sulfonamides is 1. The van der Waals surface area contributed by atoms with Crippen LogP contribution in [0.25, 0.3) is 0 Å². The van der Waals surface area contributed by atoms with Crippen molar-refractivity contribution in [3.05, 3.63) is 29.6 Å². The molecule has 0 bridgehead atoms. The Labute approximate surface area is 133 Å². The van der Waals surface area contributed by atoms with E-state index in [1.807, 2.05) is 0 Å². The van der Waals surface area contributed by atoms with Crippen molar-refractivity contribution in [2.75, 3.05) is 7.05 Å². The fourth-order valence-corrected chi connectivity index (χ4v) is 4.31. The molecule has 1 saturated carbocycles. The average molecular weight is 353 g/mol. The van der Waals surface area contributed by atoms with Crippen LogP contribution in [0.4, 0.5) is 17.6 Å². The molecule has 8 heteroatoms.